The van der Waals surface area contributed by atoms with Crippen LogP contribution in [0.3, 0.4) is 0 Å². The summed E-state index contributed by atoms with van der Waals surface area (Å²) in [6.07, 6.45) is 0.188. The molecule has 0 bridgehead atoms. The molecule has 0 aromatic heterocycles. The van der Waals surface area contributed by atoms with E-state index < -0.39 is 17.4 Å². The van der Waals surface area contributed by atoms with Crippen LogP contribution in [0.2, 0.25) is 5.02 Å². The zero-order chi connectivity index (χ0) is 16.6. The minimum Gasteiger partial charge on any atom is -0.479 e. The van der Waals surface area contributed by atoms with Crippen LogP contribution in [-0.4, -0.2) is 43.9 Å². The number of carbonyl (C=O) groups excluding carboxylic acids is 1. The Morgan fingerprint density at radius 2 is 1.91 bits per heavy atom. The van der Waals surface area contributed by atoms with E-state index in [4.69, 9.17) is 21.1 Å². The van der Waals surface area contributed by atoms with Crippen molar-refractivity contribution in [3.8, 4) is 0 Å². The fraction of sp³-hybridized carbons (Fsp3) is 0.467. The number of rotatable bonds is 9. The van der Waals surface area contributed by atoms with Gasteiger partial charge in [-0.1, -0.05) is 30.7 Å². The number of benzene rings is 1. The smallest absolute Gasteiger partial charge is 0.334 e. The molecule has 0 saturated heterocycles. The summed E-state index contributed by atoms with van der Waals surface area (Å²) >= 11 is 5.82. The second kappa shape index (κ2) is 8.73. The molecule has 1 aromatic carbocycles. The second-order valence-electron chi connectivity index (χ2n) is 4.66. The third-order valence-corrected chi connectivity index (χ3v) is 3.50. The van der Waals surface area contributed by atoms with Gasteiger partial charge in [-0.3, -0.25) is 4.79 Å². The molecule has 0 aliphatic carbocycles. The first-order chi connectivity index (χ1) is 10.5. The molecule has 0 spiro atoms. The minimum absolute atomic E-state index is 0.188. The lowest BCUT2D eigenvalue weighted by Gasteiger charge is -2.30. The maximum Gasteiger partial charge on any atom is 0.334 e. The lowest BCUT2D eigenvalue weighted by molar-refractivity contribution is -0.149. The third-order valence-electron chi connectivity index (χ3n) is 3.25. The van der Waals surface area contributed by atoms with Gasteiger partial charge in [-0.2, -0.15) is 0 Å². The standard InChI is InChI=1S/C15H20ClNO5/c1-3-15(14(19)20,11-4-6-12(16)7-5-11)17-13(18)10-22-9-8-21-2/h4-7H,3,8-10H2,1-2H3,(H,17,18)(H,19,20). The van der Waals surface area contributed by atoms with Crippen molar-refractivity contribution >= 4 is 23.5 Å². The van der Waals surface area contributed by atoms with Crippen LogP contribution in [0.25, 0.3) is 0 Å². The van der Waals surface area contributed by atoms with Crippen LogP contribution in [0.1, 0.15) is 18.9 Å². The number of halogens is 1. The SMILES string of the molecule is CCC(NC(=O)COCCOC)(C(=O)O)c1ccc(Cl)cc1. The van der Waals surface area contributed by atoms with E-state index in [9.17, 15) is 14.7 Å². The molecule has 0 saturated carbocycles. The molecule has 6 nitrogen and oxygen atoms in total. The summed E-state index contributed by atoms with van der Waals surface area (Å²) in [5, 5.41) is 12.6. The van der Waals surface area contributed by atoms with E-state index in [-0.39, 0.29) is 19.6 Å². The van der Waals surface area contributed by atoms with Gasteiger partial charge in [0.25, 0.3) is 0 Å². The van der Waals surface area contributed by atoms with Gasteiger partial charge in [-0.15, -0.1) is 0 Å². The molecule has 7 heteroatoms. The molecule has 0 radical (unpaired) electrons. The average molecular weight is 330 g/mol. The van der Waals surface area contributed by atoms with Gasteiger partial charge in [-0.25, -0.2) is 4.79 Å². The molecule has 0 heterocycles. The summed E-state index contributed by atoms with van der Waals surface area (Å²) in [7, 11) is 1.52. The number of hydrogen-bond acceptors (Lipinski definition) is 4. The molecule has 1 atom stereocenters. The molecule has 1 unspecified atom stereocenters. The molecular weight excluding hydrogens is 310 g/mol. The highest BCUT2D eigenvalue weighted by Gasteiger charge is 2.40. The number of nitrogens with one attached hydrogen (secondary N) is 1. The molecule has 0 aliphatic heterocycles. The fourth-order valence-electron chi connectivity index (χ4n) is 2.01. The van der Waals surface area contributed by atoms with Gasteiger partial charge in [0.2, 0.25) is 5.91 Å². The predicted octanol–water partition coefficient (Wildman–Crippen LogP) is 1.81. The van der Waals surface area contributed by atoms with Crippen molar-refractivity contribution in [3.63, 3.8) is 0 Å². The largest absolute Gasteiger partial charge is 0.479 e. The summed E-state index contributed by atoms with van der Waals surface area (Å²) < 4.78 is 9.91. The molecular formula is C15H20ClNO5. The molecule has 2 N–H and O–H groups in total. The van der Waals surface area contributed by atoms with Crippen LogP contribution in [0.4, 0.5) is 0 Å². The van der Waals surface area contributed by atoms with Crippen LogP contribution in [0.15, 0.2) is 24.3 Å². The number of carboxylic acid groups (broad SMARTS) is 1. The van der Waals surface area contributed by atoms with Crippen molar-refractivity contribution in [1.29, 1.82) is 0 Å². The molecule has 1 rings (SSSR count). The third kappa shape index (κ3) is 4.69. The summed E-state index contributed by atoms with van der Waals surface area (Å²) in [6.45, 7) is 2.08. The first-order valence-corrected chi connectivity index (χ1v) is 7.21. The first kappa shape index (κ1) is 18.4. The van der Waals surface area contributed by atoms with Crippen molar-refractivity contribution < 1.29 is 24.2 Å². The second-order valence-corrected chi connectivity index (χ2v) is 5.10. The Labute approximate surface area is 134 Å². The summed E-state index contributed by atoms with van der Waals surface area (Å²) in [6, 6.07) is 6.36. The summed E-state index contributed by atoms with van der Waals surface area (Å²) in [5.41, 5.74) is -1.05. The van der Waals surface area contributed by atoms with Crippen LogP contribution in [0, 0.1) is 0 Å². The maximum absolute atomic E-state index is 12.0. The maximum atomic E-state index is 12.0. The number of methoxy groups -OCH3 is 1. The van der Waals surface area contributed by atoms with E-state index in [2.05, 4.69) is 5.32 Å². The minimum atomic E-state index is -1.51. The zero-order valence-electron chi connectivity index (χ0n) is 12.6. The number of carbonyl (C=O) groups is 2. The van der Waals surface area contributed by atoms with E-state index in [1.807, 2.05) is 0 Å². The number of ether oxygens (including phenoxy) is 2. The normalized spacial score (nSPS) is 13.4. The van der Waals surface area contributed by atoms with Gasteiger partial charge in [0.15, 0.2) is 5.54 Å². The number of hydrogen-bond donors (Lipinski definition) is 2. The quantitative estimate of drug-likeness (QED) is 0.675. The van der Waals surface area contributed by atoms with Crippen molar-refractivity contribution in [2.45, 2.75) is 18.9 Å². The Balaban J connectivity index is 2.86. The Hall–Kier alpha value is -1.63. The highest BCUT2D eigenvalue weighted by molar-refractivity contribution is 6.30. The average Bonchev–Trinajstić information content (AvgIpc) is 2.50. The van der Waals surface area contributed by atoms with Crippen LogP contribution in [-0.2, 0) is 24.6 Å². The van der Waals surface area contributed by atoms with Crippen LogP contribution < -0.4 is 5.32 Å². The Morgan fingerprint density at radius 1 is 1.27 bits per heavy atom. The van der Waals surface area contributed by atoms with Crippen molar-refractivity contribution in [3.05, 3.63) is 34.9 Å². The number of amides is 1. The highest BCUT2D eigenvalue weighted by atomic mass is 35.5. The van der Waals surface area contributed by atoms with Crippen molar-refractivity contribution in [1.82, 2.24) is 5.32 Å². The molecule has 22 heavy (non-hydrogen) atoms. The Morgan fingerprint density at radius 3 is 2.41 bits per heavy atom. The highest BCUT2D eigenvalue weighted by Crippen LogP contribution is 2.27. The van der Waals surface area contributed by atoms with Crippen molar-refractivity contribution in [2.24, 2.45) is 0 Å². The summed E-state index contributed by atoms with van der Waals surface area (Å²) in [4.78, 5) is 23.7. The van der Waals surface area contributed by atoms with Gasteiger partial charge < -0.3 is 19.9 Å². The predicted molar refractivity (Wildman–Crippen MR) is 81.9 cm³/mol. The lowest BCUT2D eigenvalue weighted by atomic mass is 9.87. The number of aliphatic carboxylic acids is 1. The van der Waals surface area contributed by atoms with Crippen LogP contribution in [0.5, 0.6) is 0 Å². The Bertz CT molecular complexity index is 505. The van der Waals surface area contributed by atoms with E-state index in [0.717, 1.165) is 0 Å². The van der Waals surface area contributed by atoms with E-state index in [1.54, 1.807) is 31.2 Å². The summed E-state index contributed by atoms with van der Waals surface area (Å²) in [5.74, 6) is -1.64. The van der Waals surface area contributed by atoms with Gasteiger partial charge >= 0.3 is 5.97 Å². The van der Waals surface area contributed by atoms with E-state index in [0.29, 0.717) is 17.2 Å². The zero-order valence-corrected chi connectivity index (χ0v) is 13.4. The molecule has 0 aliphatic rings. The molecule has 1 amide bonds. The lowest BCUT2D eigenvalue weighted by Crippen LogP contribution is -2.52. The first-order valence-electron chi connectivity index (χ1n) is 6.83. The monoisotopic (exact) mass is 329 g/mol. The van der Waals surface area contributed by atoms with Gasteiger partial charge in [-0.05, 0) is 24.1 Å². The number of carboxylic acids is 1. The van der Waals surface area contributed by atoms with Crippen LogP contribution >= 0.6 is 11.6 Å². The van der Waals surface area contributed by atoms with Crippen molar-refractivity contribution in [2.75, 3.05) is 26.9 Å². The van der Waals surface area contributed by atoms with Gasteiger partial charge in [0.05, 0.1) is 13.2 Å². The van der Waals surface area contributed by atoms with E-state index >= 15 is 0 Å². The van der Waals surface area contributed by atoms with Gasteiger partial charge in [0.1, 0.15) is 6.61 Å². The topological polar surface area (TPSA) is 84.9 Å². The molecule has 0 fully saturated rings. The Kier molecular flexibility index (Phi) is 7.31. The fourth-order valence-corrected chi connectivity index (χ4v) is 2.13. The van der Waals surface area contributed by atoms with Gasteiger partial charge in [0, 0.05) is 12.1 Å². The molecule has 122 valence electrons. The molecule has 1 aromatic rings. The van der Waals surface area contributed by atoms with E-state index in [1.165, 1.54) is 7.11 Å².